The molecule has 0 aliphatic carbocycles. The standard InChI is InChI=1S/C18H30.HI/c1-2-3-4-5-6-7-8-9-10-12-15-18-16-13-11-14-17-18;/h11,13-14,16-17H,2-10,12,15H2,1H3;1H. The Morgan fingerprint density at radius 3 is 1.63 bits per heavy atom. The van der Waals surface area contributed by atoms with E-state index >= 15 is 0 Å². The molecule has 0 saturated carbocycles. The molecule has 0 fully saturated rings. The fraction of sp³-hybridized carbons (Fsp3) is 0.667. The van der Waals surface area contributed by atoms with E-state index in [1.54, 1.807) is 0 Å². The molecule has 0 radical (unpaired) electrons. The molecule has 0 bridgehead atoms. The molecular formula is C18H31I. The maximum atomic E-state index is 2.28. The van der Waals surface area contributed by atoms with Crippen molar-refractivity contribution in [2.75, 3.05) is 0 Å². The molecule has 0 aliphatic heterocycles. The second kappa shape index (κ2) is 14.4. The van der Waals surface area contributed by atoms with Gasteiger partial charge in [0.05, 0.1) is 0 Å². The molecule has 0 spiro atoms. The molecule has 0 heterocycles. The van der Waals surface area contributed by atoms with Crippen molar-refractivity contribution in [3.8, 4) is 0 Å². The Hall–Kier alpha value is -0.0500. The fourth-order valence-corrected chi connectivity index (χ4v) is 2.46. The Labute approximate surface area is 137 Å². The molecule has 0 saturated heterocycles. The lowest BCUT2D eigenvalue weighted by atomic mass is 10.0. The summed E-state index contributed by atoms with van der Waals surface area (Å²) in [5.74, 6) is 0. The van der Waals surface area contributed by atoms with Crippen LogP contribution >= 0.6 is 24.0 Å². The SMILES string of the molecule is CCCCCCCCCCCCc1ccccc1.I. The van der Waals surface area contributed by atoms with Crippen LogP contribution in [0.2, 0.25) is 0 Å². The molecule has 110 valence electrons. The van der Waals surface area contributed by atoms with Gasteiger partial charge in [-0.2, -0.15) is 0 Å². The molecule has 0 unspecified atom stereocenters. The summed E-state index contributed by atoms with van der Waals surface area (Å²) in [6, 6.07) is 10.9. The van der Waals surface area contributed by atoms with Crippen molar-refractivity contribution < 1.29 is 0 Å². The quantitative estimate of drug-likeness (QED) is 0.296. The van der Waals surface area contributed by atoms with Crippen LogP contribution in [0.1, 0.15) is 76.7 Å². The number of rotatable bonds is 11. The average molecular weight is 374 g/mol. The van der Waals surface area contributed by atoms with Crippen LogP contribution in [0.25, 0.3) is 0 Å². The third-order valence-corrected chi connectivity index (χ3v) is 3.66. The summed E-state index contributed by atoms with van der Waals surface area (Å²) < 4.78 is 0. The van der Waals surface area contributed by atoms with Crippen LogP contribution in [0.3, 0.4) is 0 Å². The van der Waals surface area contributed by atoms with E-state index in [1.807, 2.05) is 0 Å². The second-order valence-electron chi connectivity index (χ2n) is 5.42. The van der Waals surface area contributed by atoms with Gasteiger partial charge in [-0.15, -0.1) is 24.0 Å². The highest BCUT2D eigenvalue weighted by atomic mass is 127. The van der Waals surface area contributed by atoms with Crippen molar-refractivity contribution >= 4 is 24.0 Å². The van der Waals surface area contributed by atoms with Gasteiger partial charge in [0.2, 0.25) is 0 Å². The van der Waals surface area contributed by atoms with Crippen LogP contribution in [0, 0.1) is 0 Å². The molecule has 0 aliphatic rings. The van der Waals surface area contributed by atoms with Crippen LogP contribution in [-0.4, -0.2) is 0 Å². The first kappa shape index (κ1) is 18.9. The Balaban J connectivity index is 0.00000324. The van der Waals surface area contributed by atoms with Gasteiger partial charge in [0.25, 0.3) is 0 Å². The van der Waals surface area contributed by atoms with Gasteiger partial charge in [-0.3, -0.25) is 0 Å². The van der Waals surface area contributed by atoms with E-state index in [0.717, 1.165) is 0 Å². The van der Waals surface area contributed by atoms with Crippen LogP contribution in [0.5, 0.6) is 0 Å². The number of hydrogen-bond donors (Lipinski definition) is 0. The van der Waals surface area contributed by atoms with Crippen LogP contribution in [-0.2, 0) is 6.42 Å². The first-order valence-electron chi connectivity index (χ1n) is 7.97. The van der Waals surface area contributed by atoms with E-state index in [9.17, 15) is 0 Å². The van der Waals surface area contributed by atoms with Crippen molar-refractivity contribution in [2.45, 2.75) is 77.6 Å². The van der Waals surface area contributed by atoms with Crippen LogP contribution in [0.4, 0.5) is 0 Å². The second-order valence-corrected chi connectivity index (χ2v) is 5.42. The van der Waals surface area contributed by atoms with Crippen molar-refractivity contribution in [2.24, 2.45) is 0 Å². The summed E-state index contributed by atoms with van der Waals surface area (Å²) >= 11 is 0. The summed E-state index contributed by atoms with van der Waals surface area (Å²) in [6.07, 6.45) is 15.5. The van der Waals surface area contributed by atoms with Crippen LogP contribution in [0.15, 0.2) is 30.3 Å². The van der Waals surface area contributed by atoms with E-state index < -0.39 is 0 Å². The number of aryl methyl sites for hydroxylation is 1. The zero-order valence-corrected chi connectivity index (χ0v) is 14.9. The lowest BCUT2D eigenvalue weighted by Crippen LogP contribution is -1.86. The van der Waals surface area contributed by atoms with Gasteiger partial charge in [-0.05, 0) is 18.4 Å². The maximum Gasteiger partial charge on any atom is -0.0279 e. The Bertz CT molecular complexity index is 268. The summed E-state index contributed by atoms with van der Waals surface area (Å²) in [4.78, 5) is 0. The topological polar surface area (TPSA) is 0 Å². The predicted octanol–water partition coefficient (Wildman–Crippen LogP) is 6.77. The zero-order valence-electron chi connectivity index (χ0n) is 12.6. The van der Waals surface area contributed by atoms with Gasteiger partial charge in [0.1, 0.15) is 0 Å². The van der Waals surface area contributed by atoms with E-state index in [0.29, 0.717) is 0 Å². The number of hydrogen-bond acceptors (Lipinski definition) is 0. The summed E-state index contributed by atoms with van der Waals surface area (Å²) in [6.45, 7) is 2.28. The number of unbranched alkanes of at least 4 members (excludes halogenated alkanes) is 9. The molecular weight excluding hydrogens is 343 g/mol. The van der Waals surface area contributed by atoms with E-state index in [4.69, 9.17) is 0 Å². The lowest BCUT2D eigenvalue weighted by Gasteiger charge is -2.03. The minimum Gasteiger partial charge on any atom is -0.107 e. The Morgan fingerprint density at radius 2 is 1.11 bits per heavy atom. The zero-order chi connectivity index (χ0) is 12.9. The number of halogens is 1. The van der Waals surface area contributed by atoms with Gasteiger partial charge in [-0.25, -0.2) is 0 Å². The third-order valence-electron chi connectivity index (χ3n) is 3.66. The summed E-state index contributed by atoms with van der Waals surface area (Å²) in [5.41, 5.74) is 1.50. The fourth-order valence-electron chi connectivity index (χ4n) is 2.46. The van der Waals surface area contributed by atoms with E-state index in [1.165, 1.54) is 76.2 Å². The van der Waals surface area contributed by atoms with Crippen molar-refractivity contribution in [3.05, 3.63) is 35.9 Å². The molecule has 0 N–H and O–H groups in total. The molecule has 1 aromatic carbocycles. The molecule has 0 nitrogen and oxygen atoms in total. The van der Waals surface area contributed by atoms with Crippen LogP contribution < -0.4 is 0 Å². The summed E-state index contributed by atoms with van der Waals surface area (Å²) in [5, 5.41) is 0. The molecule has 0 aromatic heterocycles. The van der Waals surface area contributed by atoms with Crippen molar-refractivity contribution in [3.63, 3.8) is 0 Å². The number of benzene rings is 1. The normalized spacial score (nSPS) is 10.2. The van der Waals surface area contributed by atoms with E-state index in [-0.39, 0.29) is 24.0 Å². The highest BCUT2D eigenvalue weighted by molar-refractivity contribution is 14.0. The first-order chi connectivity index (χ1) is 8.93. The minimum absolute atomic E-state index is 0. The Morgan fingerprint density at radius 1 is 0.632 bits per heavy atom. The van der Waals surface area contributed by atoms with Gasteiger partial charge < -0.3 is 0 Å². The van der Waals surface area contributed by atoms with Gasteiger partial charge in [0, 0.05) is 0 Å². The molecule has 0 atom stereocenters. The Kier molecular flexibility index (Phi) is 14.3. The smallest absolute Gasteiger partial charge is 0.0279 e. The lowest BCUT2D eigenvalue weighted by molar-refractivity contribution is 0.556. The molecule has 1 aromatic rings. The highest BCUT2D eigenvalue weighted by Crippen LogP contribution is 2.12. The van der Waals surface area contributed by atoms with Gasteiger partial charge in [-0.1, -0.05) is 95.0 Å². The largest absolute Gasteiger partial charge is 0.107 e. The van der Waals surface area contributed by atoms with Gasteiger partial charge in [0.15, 0.2) is 0 Å². The molecule has 1 heteroatoms. The molecule has 19 heavy (non-hydrogen) atoms. The maximum absolute atomic E-state index is 2.28. The summed E-state index contributed by atoms with van der Waals surface area (Å²) in [7, 11) is 0. The monoisotopic (exact) mass is 374 g/mol. The predicted molar refractivity (Wildman–Crippen MR) is 97.4 cm³/mol. The average Bonchev–Trinajstić information content (AvgIpc) is 2.42. The molecule has 0 amide bonds. The third kappa shape index (κ3) is 11.5. The minimum atomic E-state index is 0. The highest BCUT2D eigenvalue weighted by Gasteiger charge is 1.94. The van der Waals surface area contributed by atoms with Crippen molar-refractivity contribution in [1.29, 1.82) is 0 Å². The van der Waals surface area contributed by atoms with Crippen molar-refractivity contribution in [1.82, 2.24) is 0 Å². The van der Waals surface area contributed by atoms with E-state index in [2.05, 4.69) is 37.3 Å². The first-order valence-corrected chi connectivity index (χ1v) is 7.97. The van der Waals surface area contributed by atoms with Gasteiger partial charge >= 0.3 is 0 Å². The molecule has 1 rings (SSSR count).